The van der Waals surface area contributed by atoms with Gasteiger partial charge in [-0.1, -0.05) is 18.2 Å². The lowest BCUT2D eigenvalue weighted by atomic mass is 10.00. The van der Waals surface area contributed by atoms with Crippen LogP contribution in [0.5, 0.6) is 0 Å². The van der Waals surface area contributed by atoms with Crippen molar-refractivity contribution in [2.45, 2.75) is 19.6 Å². The van der Waals surface area contributed by atoms with Gasteiger partial charge < -0.3 is 19.6 Å². The lowest BCUT2D eigenvalue weighted by Gasteiger charge is -2.15. The molecule has 2 rings (SSSR count). The Morgan fingerprint density at radius 1 is 1.32 bits per heavy atom. The number of carbonyl (C=O) groups excluding carboxylic acids is 1. The number of benzene rings is 1. The molecule has 22 heavy (non-hydrogen) atoms. The van der Waals surface area contributed by atoms with Crippen LogP contribution in [0.3, 0.4) is 0 Å². The van der Waals surface area contributed by atoms with Crippen LogP contribution in [0.25, 0.3) is 11.3 Å². The molecule has 0 aliphatic rings. The molecule has 0 unspecified atom stereocenters. The maximum Gasteiger partial charge on any atom is 0.417 e. The van der Waals surface area contributed by atoms with E-state index in [1.807, 2.05) is 0 Å². The van der Waals surface area contributed by atoms with E-state index in [0.29, 0.717) is 0 Å². The summed E-state index contributed by atoms with van der Waals surface area (Å²) in [5, 5.41) is 20.1. The number of nitrogens with zero attached hydrogens (tertiary/aromatic N) is 1. The largest absolute Gasteiger partial charge is 0.545 e. The Morgan fingerprint density at radius 2 is 1.95 bits per heavy atom. The number of aliphatic hydroxyl groups is 1. The number of aromatic nitrogens is 1. The highest BCUT2D eigenvalue weighted by Crippen LogP contribution is 2.39. The van der Waals surface area contributed by atoms with Crippen LogP contribution in [0.2, 0.25) is 0 Å². The zero-order chi connectivity index (χ0) is 16.5. The molecule has 118 valence electrons. The molecule has 0 atom stereocenters. The van der Waals surface area contributed by atoms with Crippen LogP contribution in [0.1, 0.15) is 21.5 Å². The second kappa shape index (κ2) is 5.84. The SMILES string of the molecule is Cc1c(C(=O)[O-])cn(CCO)c1-c1ccccc1C(F)(F)F. The number of aliphatic hydroxyl groups excluding tert-OH is 1. The average Bonchev–Trinajstić information content (AvgIpc) is 2.75. The van der Waals surface area contributed by atoms with Gasteiger partial charge in [0.05, 0.1) is 23.8 Å². The molecule has 0 saturated carbocycles. The molecule has 0 amide bonds. The van der Waals surface area contributed by atoms with Gasteiger partial charge in [0.15, 0.2) is 0 Å². The molecule has 1 aromatic heterocycles. The first-order chi connectivity index (χ1) is 10.3. The number of carboxylic acid groups (broad SMARTS) is 1. The Morgan fingerprint density at radius 3 is 2.50 bits per heavy atom. The standard InChI is InChI=1S/C15H14F3NO3/c1-9-11(14(21)22)8-19(6-7-20)13(9)10-4-2-3-5-12(10)15(16,17)18/h2-5,8,20H,6-7H2,1H3,(H,21,22)/p-1. The Balaban J connectivity index is 2.75. The second-order valence-corrected chi connectivity index (χ2v) is 4.76. The number of carboxylic acids is 1. The lowest BCUT2D eigenvalue weighted by molar-refractivity contribution is -0.255. The number of carbonyl (C=O) groups is 1. The smallest absolute Gasteiger partial charge is 0.417 e. The Hall–Kier alpha value is -2.28. The van der Waals surface area contributed by atoms with Crippen molar-refractivity contribution in [2.75, 3.05) is 6.61 Å². The van der Waals surface area contributed by atoms with E-state index in [0.717, 1.165) is 6.07 Å². The summed E-state index contributed by atoms with van der Waals surface area (Å²) in [5.74, 6) is -1.47. The van der Waals surface area contributed by atoms with Crippen molar-refractivity contribution in [2.24, 2.45) is 0 Å². The number of alkyl halides is 3. The molecule has 0 radical (unpaired) electrons. The highest BCUT2D eigenvalue weighted by Gasteiger charge is 2.34. The van der Waals surface area contributed by atoms with Crippen LogP contribution in [-0.4, -0.2) is 22.2 Å². The number of hydrogen-bond donors (Lipinski definition) is 1. The molecule has 4 nitrogen and oxygen atoms in total. The predicted molar refractivity (Wildman–Crippen MR) is 71.0 cm³/mol. The van der Waals surface area contributed by atoms with Crippen molar-refractivity contribution >= 4 is 5.97 Å². The molecule has 0 fully saturated rings. The topological polar surface area (TPSA) is 65.3 Å². The molecular formula is C15H13F3NO3-. The Labute approximate surface area is 124 Å². The van der Waals surface area contributed by atoms with E-state index in [2.05, 4.69) is 0 Å². The van der Waals surface area contributed by atoms with Crippen molar-refractivity contribution in [1.29, 1.82) is 0 Å². The van der Waals surface area contributed by atoms with Crippen molar-refractivity contribution in [3.63, 3.8) is 0 Å². The van der Waals surface area contributed by atoms with E-state index in [9.17, 15) is 23.1 Å². The molecule has 2 aromatic rings. The minimum absolute atomic E-state index is 0.0182. The molecular weight excluding hydrogens is 299 g/mol. The van der Waals surface area contributed by atoms with Gasteiger partial charge in [0.1, 0.15) is 0 Å². The predicted octanol–water partition coefficient (Wildman–Crippen LogP) is 1.84. The third-order valence-electron chi connectivity index (χ3n) is 3.38. The second-order valence-electron chi connectivity index (χ2n) is 4.76. The summed E-state index contributed by atoms with van der Waals surface area (Å²) in [6.07, 6.45) is -3.39. The van der Waals surface area contributed by atoms with Crippen molar-refractivity contribution in [3.05, 3.63) is 47.2 Å². The van der Waals surface area contributed by atoms with Crippen LogP contribution in [0.15, 0.2) is 30.5 Å². The maximum absolute atomic E-state index is 13.2. The summed E-state index contributed by atoms with van der Waals surface area (Å²) in [4.78, 5) is 11.1. The molecule has 0 spiro atoms. The minimum atomic E-state index is -4.57. The van der Waals surface area contributed by atoms with Crippen LogP contribution in [0, 0.1) is 6.92 Å². The number of hydrogen-bond acceptors (Lipinski definition) is 3. The van der Waals surface area contributed by atoms with Gasteiger partial charge in [-0.15, -0.1) is 0 Å². The van der Waals surface area contributed by atoms with E-state index in [4.69, 9.17) is 5.11 Å². The van der Waals surface area contributed by atoms with Gasteiger partial charge in [-0.3, -0.25) is 0 Å². The van der Waals surface area contributed by atoms with E-state index >= 15 is 0 Å². The Kier molecular flexibility index (Phi) is 4.27. The third kappa shape index (κ3) is 2.85. The van der Waals surface area contributed by atoms with E-state index < -0.39 is 17.7 Å². The summed E-state index contributed by atoms with van der Waals surface area (Å²) < 4.78 is 40.8. The molecule has 1 N–H and O–H groups in total. The first kappa shape index (κ1) is 16.1. The van der Waals surface area contributed by atoms with Crippen LogP contribution < -0.4 is 5.11 Å². The summed E-state index contributed by atoms with van der Waals surface area (Å²) in [5.41, 5.74) is -0.902. The monoisotopic (exact) mass is 312 g/mol. The fraction of sp³-hybridized carbons (Fsp3) is 0.267. The van der Waals surface area contributed by atoms with Gasteiger partial charge in [-0.25, -0.2) is 0 Å². The molecule has 0 saturated heterocycles. The van der Waals surface area contributed by atoms with E-state index in [1.165, 1.54) is 35.9 Å². The molecule has 0 aliphatic carbocycles. The van der Waals surface area contributed by atoms with E-state index in [1.54, 1.807) is 0 Å². The average molecular weight is 312 g/mol. The fourth-order valence-electron chi connectivity index (χ4n) is 2.44. The number of halogens is 3. The van der Waals surface area contributed by atoms with Crippen molar-refractivity contribution < 1.29 is 28.2 Å². The Bertz CT molecular complexity index is 705. The summed E-state index contributed by atoms with van der Waals surface area (Å²) in [7, 11) is 0. The first-order valence-electron chi connectivity index (χ1n) is 6.46. The molecule has 0 bridgehead atoms. The van der Waals surface area contributed by atoms with Gasteiger partial charge in [0.2, 0.25) is 0 Å². The van der Waals surface area contributed by atoms with Crippen molar-refractivity contribution in [1.82, 2.24) is 4.57 Å². The van der Waals surface area contributed by atoms with Gasteiger partial charge in [-0.2, -0.15) is 13.2 Å². The maximum atomic E-state index is 13.2. The van der Waals surface area contributed by atoms with Crippen LogP contribution in [0.4, 0.5) is 13.2 Å². The highest BCUT2D eigenvalue weighted by molar-refractivity contribution is 5.90. The summed E-state index contributed by atoms with van der Waals surface area (Å²) in [6.45, 7) is 1.07. The van der Waals surface area contributed by atoms with Gasteiger partial charge in [0, 0.05) is 23.9 Å². The molecule has 0 aliphatic heterocycles. The summed E-state index contributed by atoms with van der Waals surface area (Å²) >= 11 is 0. The third-order valence-corrected chi connectivity index (χ3v) is 3.38. The lowest BCUT2D eigenvalue weighted by Crippen LogP contribution is -2.22. The molecule has 1 heterocycles. The van der Waals surface area contributed by atoms with Gasteiger partial charge in [0.25, 0.3) is 0 Å². The highest BCUT2D eigenvalue weighted by atomic mass is 19.4. The van der Waals surface area contributed by atoms with Crippen LogP contribution in [-0.2, 0) is 12.7 Å². The van der Waals surface area contributed by atoms with Crippen molar-refractivity contribution in [3.8, 4) is 11.3 Å². The zero-order valence-electron chi connectivity index (χ0n) is 11.6. The quantitative estimate of drug-likeness (QED) is 0.937. The minimum Gasteiger partial charge on any atom is -0.545 e. The molecule has 1 aromatic carbocycles. The van der Waals surface area contributed by atoms with E-state index in [-0.39, 0.29) is 35.5 Å². The molecule has 7 heteroatoms. The van der Waals surface area contributed by atoms with Crippen LogP contribution >= 0.6 is 0 Å². The summed E-state index contributed by atoms with van der Waals surface area (Å²) in [6, 6.07) is 4.92. The number of rotatable bonds is 4. The fourth-order valence-corrected chi connectivity index (χ4v) is 2.44. The number of aromatic carboxylic acids is 1. The zero-order valence-corrected chi connectivity index (χ0v) is 11.6. The van der Waals surface area contributed by atoms with Gasteiger partial charge >= 0.3 is 6.18 Å². The normalized spacial score (nSPS) is 11.7. The van der Waals surface area contributed by atoms with Gasteiger partial charge in [-0.05, 0) is 18.6 Å². The first-order valence-corrected chi connectivity index (χ1v) is 6.46.